The third-order valence-electron chi connectivity index (χ3n) is 3.03. The zero-order valence-corrected chi connectivity index (χ0v) is 10.4. The Hall–Kier alpha value is -0.420. The lowest BCUT2D eigenvalue weighted by atomic mass is 9.89. The summed E-state index contributed by atoms with van der Waals surface area (Å²) < 4.78 is 5.49. The van der Waals surface area contributed by atoms with Gasteiger partial charge in [0, 0.05) is 19.2 Å². The number of ether oxygens (including phenoxy) is 1. The molecule has 1 aromatic heterocycles. The summed E-state index contributed by atoms with van der Waals surface area (Å²) in [7, 11) is 0. The van der Waals surface area contributed by atoms with Gasteiger partial charge in [-0.2, -0.15) is 11.3 Å². The Kier molecular flexibility index (Phi) is 4.35. The van der Waals surface area contributed by atoms with Crippen molar-refractivity contribution in [2.75, 3.05) is 13.2 Å². The summed E-state index contributed by atoms with van der Waals surface area (Å²) >= 11 is 1.62. The molecule has 4 heteroatoms. The number of rotatable bonds is 6. The highest BCUT2D eigenvalue weighted by molar-refractivity contribution is 7.07. The largest absolute Gasteiger partial charge is 0.387 e. The van der Waals surface area contributed by atoms with Crippen molar-refractivity contribution in [1.29, 1.82) is 0 Å². The lowest BCUT2D eigenvalue weighted by molar-refractivity contribution is -0.0123. The van der Waals surface area contributed by atoms with Gasteiger partial charge in [-0.3, -0.25) is 0 Å². The first-order chi connectivity index (χ1) is 7.79. The van der Waals surface area contributed by atoms with Crippen molar-refractivity contribution in [2.45, 2.75) is 38.0 Å². The highest BCUT2D eigenvalue weighted by Gasteiger charge is 2.29. The zero-order chi connectivity index (χ0) is 11.4. The van der Waals surface area contributed by atoms with Gasteiger partial charge in [-0.1, -0.05) is 0 Å². The summed E-state index contributed by atoms with van der Waals surface area (Å²) in [5.74, 6) is 0. The summed E-state index contributed by atoms with van der Waals surface area (Å²) in [4.78, 5) is 0. The summed E-state index contributed by atoms with van der Waals surface area (Å²) in [6.07, 6.45) is 2.20. The average Bonchev–Trinajstić information content (AvgIpc) is 2.74. The molecule has 1 unspecified atom stereocenters. The maximum atomic E-state index is 9.86. The number of hydrogen-bond donors (Lipinski definition) is 2. The Bertz CT molecular complexity index is 296. The van der Waals surface area contributed by atoms with E-state index in [1.165, 1.54) is 0 Å². The standard InChI is InChI=1S/C12H19NO2S/c1-2-15-11-5-10(6-11)13-7-12(14)9-3-4-16-8-9/h3-4,8,10-14H,2,5-7H2,1H3. The Morgan fingerprint density at radius 2 is 2.44 bits per heavy atom. The molecule has 0 bridgehead atoms. The topological polar surface area (TPSA) is 41.5 Å². The van der Waals surface area contributed by atoms with Crippen molar-refractivity contribution in [3.63, 3.8) is 0 Å². The van der Waals surface area contributed by atoms with Crippen LogP contribution < -0.4 is 5.32 Å². The summed E-state index contributed by atoms with van der Waals surface area (Å²) in [5.41, 5.74) is 1.01. The lowest BCUT2D eigenvalue weighted by Crippen LogP contribution is -2.46. The minimum atomic E-state index is -0.377. The molecule has 0 saturated heterocycles. The average molecular weight is 241 g/mol. The molecule has 0 aliphatic heterocycles. The van der Waals surface area contributed by atoms with E-state index in [1.54, 1.807) is 11.3 Å². The van der Waals surface area contributed by atoms with Crippen LogP contribution in [0.3, 0.4) is 0 Å². The quantitative estimate of drug-likeness (QED) is 0.799. The van der Waals surface area contributed by atoms with Crippen LogP contribution in [0.2, 0.25) is 0 Å². The maximum absolute atomic E-state index is 9.86. The van der Waals surface area contributed by atoms with E-state index < -0.39 is 0 Å². The molecule has 2 N–H and O–H groups in total. The van der Waals surface area contributed by atoms with Gasteiger partial charge in [-0.25, -0.2) is 0 Å². The third kappa shape index (κ3) is 3.04. The molecular formula is C12H19NO2S. The van der Waals surface area contributed by atoms with Crippen molar-refractivity contribution < 1.29 is 9.84 Å². The Labute approximate surface area is 100 Å². The first-order valence-electron chi connectivity index (χ1n) is 5.84. The third-order valence-corrected chi connectivity index (χ3v) is 3.73. The van der Waals surface area contributed by atoms with E-state index in [2.05, 4.69) is 5.32 Å². The summed E-state index contributed by atoms with van der Waals surface area (Å²) in [6.45, 7) is 3.47. The molecule has 90 valence electrons. The van der Waals surface area contributed by atoms with E-state index in [-0.39, 0.29) is 6.10 Å². The van der Waals surface area contributed by atoms with Crippen LogP contribution in [0.1, 0.15) is 31.4 Å². The van der Waals surface area contributed by atoms with E-state index in [0.29, 0.717) is 18.7 Å². The second-order valence-electron chi connectivity index (χ2n) is 4.23. The molecule has 1 aromatic rings. The normalized spacial score (nSPS) is 26.4. The molecule has 0 aromatic carbocycles. The van der Waals surface area contributed by atoms with Gasteiger partial charge in [0.2, 0.25) is 0 Å². The second-order valence-corrected chi connectivity index (χ2v) is 5.01. The maximum Gasteiger partial charge on any atom is 0.0922 e. The van der Waals surface area contributed by atoms with Crippen LogP contribution in [0, 0.1) is 0 Å². The van der Waals surface area contributed by atoms with Crippen LogP contribution >= 0.6 is 11.3 Å². The molecule has 1 atom stereocenters. The Morgan fingerprint density at radius 1 is 1.62 bits per heavy atom. The number of aliphatic hydroxyl groups is 1. The van der Waals surface area contributed by atoms with Gasteiger partial charge in [0.05, 0.1) is 12.2 Å². The Morgan fingerprint density at radius 3 is 3.06 bits per heavy atom. The van der Waals surface area contributed by atoms with Crippen molar-refractivity contribution in [1.82, 2.24) is 5.32 Å². The van der Waals surface area contributed by atoms with Crippen LogP contribution in [-0.4, -0.2) is 30.4 Å². The zero-order valence-electron chi connectivity index (χ0n) is 9.56. The van der Waals surface area contributed by atoms with Gasteiger partial charge in [0.1, 0.15) is 0 Å². The van der Waals surface area contributed by atoms with E-state index in [1.807, 2.05) is 23.8 Å². The molecule has 3 nitrogen and oxygen atoms in total. The van der Waals surface area contributed by atoms with Crippen LogP contribution in [0.4, 0.5) is 0 Å². The molecule has 1 fully saturated rings. The van der Waals surface area contributed by atoms with Gasteiger partial charge in [-0.15, -0.1) is 0 Å². The highest BCUT2D eigenvalue weighted by Crippen LogP contribution is 2.24. The fourth-order valence-electron chi connectivity index (χ4n) is 1.96. The summed E-state index contributed by atoms with van der Waals surface area (Å²) in [6, 6.07) is 2.49. The molecule has 2 rings (SSSR count). The molecule has 1 aliphatic carbocycles. The lowest BCUT2D eigenvalue weighted by Gasteiger charge is -2.36. The van der Waals surface area contributed by atoms with Crippen LogP contribution in [0.5, 0.6) is 0 Å². The van der Waals surface area contributed by atoms with E-state index in [0.717, 1.165) is 25.0 Å². The summed E-state index contributed by atoms with van der Waals surface area (Å²) in [5, 5.41) is 17.2. The Balaban J connectivity index is 1.62. The van der Waals surface area contributed by atoms with Gasteiger partial charge in [0.25, 0.3) is 0 Å². The molecule has 1 saturated carbocycles. The minimum Gasteiger partial charge on any atom is -0.387 e. The smallest absolute Gasteiger partial charge is 0.0922 e. The molecular weight excluding hydrogens is 222 g/mol. The minimum absolute atomic E-state index is 0.377. The van der Waals surface area contributed by atoms with Crippen molar-refractivity contribution in [2.24, 2.45) is 0 Å². The molecule has 1 aliphatic rings. The van der Waals surface area contributed by atoms with E-state index in [4.69, 9.17) is 4.74 Å². The van der Waals surface area contributed by atoms with Gasteiger partial charge < -0.3 is 15.2 Å². The number of nitrogens with one attached hydrogen (secondary N) is 1. The van der Waals surface area contributed by atoms with E-state index in [9.17, 15) is 5.11 Å². The molecule has 0 amide bonds. The SMILES string of the molecule is CCOC1CC(NCC(O)c2ccsc2)C1. The number of hydrogen-bond acceptors (Lipinski definition) is 4. The monoisotopic (exact) mass is 241 g/mol. The predicted octanol–water partition coefficient (Wildman–Crippen LogP) is 1.94. The van der Waals surface area contributed by atoms with Gasteiger partial charge >= 0.3 is 0 Å². The van der Waals surface area contributed by atoms with Crippen molar-refractivity contribution >= 4 is 11.3 Å². The molecule has 0 radical (unpaired) electrons. The number of aliphatic hydroxyl groups excluding tert-OH is 1. The van der Waals surface area contributed by atoms with Crippen LogP contribution in [0.15, 0.2) is 16.8 Å². The van der Waals surface area contributed by atoms with E-state index >= 15 is 0 Å². The fraction of sp³-hybridized carbons (Fsp3) is 0.667. The highest BCUT2D eigenvalue weighted by atomic mass is 32.1. The molecule has 16 heavy (non-hydrogen) atoms. The van der Waals surface area contributed by atoms with Crippen molar-refractivity contribution in [3.8, 4) is 0 Å². The fourth-order valence-corrected chi connectivity index (χ4v) is 2.67. The molecule has 1 heterocycles. The first kappa shape index (κ1) is 12.0. The second kappa shape index (κ2) is 5.77. The van der Waals surface area contributed by atoms with Gasteiger partial charge in [-0.05, 0) is 42.2 Å². The number of thiophene rings is 1. The van der Waals surface area contributed by atoms with Crippen molar-refractivity contribution in [3.05, 3.63) is 22.4 Å². The van der Waals surface area contributed by atoms with Crippen LogP contribution in [0.25, 0.3) is 0 Å². The van der Waals surface area contributed by atoms with Crippen LogP contribution in [-0.2, 0) is 4.74 Å². The first-order valence-corrected chi connectivity index (χ1v) is 6.79. The predicted molar refractivity (Wildman–Crippen MR) is 65.7 cm³/mol. The molecule has 0 spiro atoms. The van der Waals surface area contributed by atoms with Gasteiger partial charge in [0.15, 0.2) is 0 Å².